The van der Waals surface area contributed by atoms with Crippen molar-refractivity contribution in [3.05, 3.63) is 65.5 Å². The first kappa shape index (κ1) is 18.2. The molecule has 4 rings (SSSR count). The summed E-state index contributed by atoms with van der Waals surface area (Å²) >= 11 is 0. The number of rotatable bonds is 4. The first-order valence-corrected chi connectivity index (χ1v) is 9.47. The first-order valence-electron chi connectivity index (χ1n) is 9.47. The quantitative estimate of drug-likeness (QED) is 0.501. The molecule has 1 aliphatic carbocycles. The van der Waals surface area contributed by atoms with Gasteiger partial charge in [-0.25, -0.2) is 0 Å². The van der Waals surface area contributed by atoms with Gasteiger partial charge < -0.3 is 14.7 Å². The van der Waals surface area contributed by atoms with E-state index in [1.54, 1.807) is 53.7 Å². The molecule has 1 saturated carbocycles. The summed E-state index contributed by atoms with van der Waals surface area (Å²) in [5.74, 6) is -0.971. The van der Waals surface area contributed by atoms with Gasteiger partial charge in [-0.05, 0) is 42.7 Å². The van der Waals surface area contributed by atoms with Gasteiger partial charge in [-0.3, -0.25) is 14.6 Å². The van der Waals surface area contributed by atoms with Crippen molar-refractivity contribution in [2.24, 2.45) is 0 Å². The molecule has 0 radical (unpaired) electrons. The van der Waals surface area contributed by atoms with Crippen LogP contribution in [0.15, 0.2) is 54.4 Å². The number of Topliss-reactive ketones (excluding diaryl/α,β-unsaturated/α-hetero) is 1. The minimum Gasteiger partial charge on any atom is -0.507 e. The van der Waals surface area contributed by atoms with Gasteiger partial charge in [-0.15, -0.1) is 0 Å². The Morgan fingerprint density at radius 1 is 1.11 bits per heavy atom. The topological polar surface area (TPSA) is 79.7 Å². The van der Waals surface area contributed by atoms with Crippen molar-refractivity contribution in [1.29, 1.82) is 0 Å². The molecule has 6 nitrogen and oxygen atoms in total. The molecule has 6 heteroatoms. The molecule has 1 aliphatic heterocycles. The van der Waals surface area contributed by atoms with Crippen LogP contribution < -0.4 is 4.74 Å². The lowest BCUT2D eigenvalue weighted by molar-refractivity contribution is -0.141. The van der Waals surface area contributed by atoms with Crippen molar-refractivity contribution < 1.29 is 19.4 Å². The Balaban J connectivity index is 1.91. The number of ketones is 1. The van der Waals surface area contributed by atoms with Gasteiger partial charge in [-0.2, -0.15) is 0 Å². The maximum absolute atomic E-state index is 13.0. The maximum atomic E-state index is 13.0. The molecule has 2 fully saturated rings. The van der Waals surface area contributed by atoms with Crippen molar-refractivity contribution >= 4 is 17.4 Å². The summed E-state index contributed by atoms with van der Waals surface area (Å²) in [5, 5.41) is 11.1. The predicted octanol–water partition coefficient (Wildman–Crippen LogP) is 3.45. The second-order valence-corrected chi connectivity index (χ2v) is 7.13. The van der Waals surface area contributed by atoms with E-state index in [0.717, 1.165) is 31.2 Å². The van der Waals surface area contributed by atoms with E-state index in [9.17, 15) is 14.7 Å². The number of ether oxygens (including phenoxy) is 1. The highest BCUT2D eigenvalue weighted by Gasteiger charge is 2.49. The second kappa shape index (κ2) is 7.46. The summed E-state index contributed by atoms with van der Waals surface area (Å²) in [6.45, 7) is 0. The molecular weight excluding hydrogens is 356 g/mol. The highest BCUT2D eigenvalue weighted by atomic mass is 16.5. The van der Waals surface area contributed by atoms with Crippen molar-refractivity contribution in [2.75, 3.05) is 7.11 Å². The zero-order valence-electron chi connectivity index (χ0n) is 15.7. The Labute approximate surface area is 163 Å². The van der Waals surface area contributed by atoms with Crippen molar-refractivity contribution in [3.63, 3.8) is 0 Å². The fraction of sp³-hybridized carbons (Fsp3) is 0.318. The van der Waals surface area contributed by atoms with Crippen LogP contribution >= 0.6 is 0 Å². The molecule has 1 amide bonds. The molecule has 1 atom stereocenters. The summed E-state index contributed by atoms with van der Waals surface area (Å²) in [4.78, 5) is 31.7. The minimum absolute atomic E-state index is 0.00224. The number of hydrogen-bond donors (Lipinski definition) is 1. The SMILES string of the molecule is COc1ccccc1/C(O)=C1/C(=O)C(=O)N(C2CCCC2)C1c1ccncc1. The molecule has 1 saturated heterocycles. The maximum Gasteiger partial charge on any atom is 0.295 e. The molecule has 1 aromatic carbocycles. The summed E-state index contributed by atoms with van der Waals surface area (Å²) < 4.78 is 5.34. The monoisotopic (exact) mass is 378 g/mol. The normalized spacial score (nSPS) is 22.0. The average molecular weight is 378 g/mol. The third-order valence-electron chi connectivity index (χ3n) is 5.58. The fourth-order valence-corrected chi connectivity index (χ4v) is 4.27. The first-order chi connectivity index (χ1) is 13.6. The Morgan fingerprint density at radius 2 is 1.79 bits per heavy atom. The van der Waals surface area contributed by atoms with Crippen LogP contribution in [0, 0.1) is 0 Å². The number of hydrogen-bond acceptors (Lipinski definition) is 5. The van der Waals surface area contributed by atoms with E-state index < -0.39 is 17.7 Å². The number of aliphatic hydroxyl groups is 1. The lowest BCUT2D eigenvalue weighted by Crippen LogP contribution is -2.37. The molecule has 144 valence electrons. The van der Waals surface area contributed by atoms with Gasteiger partial charge in [0.2, 0.25) is 0 Å². The van der Waals surface area contributed by atoms with Crippen LogP contribution in [0.3, 0.4) is 0 Å². The largest absolute Gasteiger partial charge is 0.507 e. The number of nitrogens with zero attached hydrogens (tertiary/aromatic N) is 2. The third-order valence-corrected chi connectivity index (χ3v) is 5.58. The number of likely N-dealkylation sites (tertiary alicyclic amines) is 1. The highest BCUT2D eigenvalue weighted by Crippen LogP contribution is 2.44. The van der Waals surface area contributed by atoms with Crippen molar-refractivity contribution in [2.45, 2.75) is 37.8 Å². The Hall–Kier alpha value is -3.15. The van der Waals surface area contributed by atoms with Crippen molar-refractivity contribution in [3.8, 4) is 5.75 Å². The zero-order chi connectivity index (χ0) is 19.7. The molecule has 0 spiro atoms. The predicted molar refractivity (Wildman–Crippen MR) is 104 cm³/mol. The molecule has 2 aliphatic rings. The van der Waals surface area contributed by atoms with Crippen molar-refractivity contribution in [1.82, 2.24) is 9.88 Å². The standard InChI is InChI=1S/C22H22N2O4/c1-28-17-9-5-4-8-16(17)20(25)18-19(14-10-12-23-13-11-14)24(22(27)21(18)26)15-6-2-3-7-15/h4-5,8-13,15,19,25H,2-3,6-7H2,1H3/b20-18-. The van der Waals surface area contributed by atoms with Crippen LogP contribution in [0.2, 0.25) is 0 Å². The van der Waals surface area contributed by atoms with E-state index in [2.05, 4.69) is 4.98 Å². The molecule has 1 N–H and O–H groups in total. The fourth-order valence-electron chi connectivity index (χ4n) is 4.27. The Bertz CT molecular complexity index is 933. The molecular formula is C22H22N2O4. The van der Waals surface area contributed by atoms with Crippen LogP contribution in [0.1, 0.15) is 42.9 Å². The smallest absolute Gasteiger partial charge is 0.295 e. The van der Waals surface area contributed by atoms with Crippen LogP contribution in [-0.2, 0) is 9.59 Å². The van der Waals surface area contributed by atoms with E-state index in [-0.39, 0.29) is 17.4 Å². The third kappa shape index (κ3) is 2.95. The molecule has 1 unspecified atom stereocenters. The van der Waals surface area contributed by atoms with E-state index in [4.69, 9.17) is 4.74 Å². The van der Waals surface area contributed by atoms with Crippen LogP contribution in [0.25, 0.3) is 5.76 Å². The number of pyridine rings is 1. The highest BCUT2D eigenvalue weighted by molar-refractivity contribution is 6.46. The van der Waals surface area contributed by atoms with Gasteiger partial charge in [0, 0.05) is 18.4 Å². The van der Waals surface area contributed by atoms with E-state index in [1.165, 1.54) is 7.11 Å². The number of carbonyl (C=O) groups excluding carboxylic acids is 2. The van der Waals surface area contributed by atoms with Gasteiger partial charge >= 0.3 is 0 Å². The Morgan fingerprint density at radius 3 is 2.46 bits per heavy atom. The number of aliphatic hydroxyl groups excluding tert-OH is 1. The van der Waals surface area contributed by atoms with E-state index >= 15 is 0 Å². The van der Waals surface area contributed by atoms with Gasteiger partial charge in [0.15, 0.2) is 0 Å². The number of benzene rings is 1. The number of methoxy groups -OCH3 is 1. The number of para-hydroxylation sites is 1. The zero-order valence-corrected chi connectivity index (χ0v) is 15.7. The Kier molecular flexibility index (Phi) is 4.86. The van der Waals surface area contributed by atoms with Gasteiger partial charge in [0.1, 0.15) is 11.5 Å². The van der Waals surface area contributed by atoms with E-state index in [1.807, 2.05) is 0 Å². The number of amides is 1. The second-order valence-electron chi connectivity index (χ2n) is 7.13. The van der Waals surface area contributed by atoms with Gasteiger partial charge in [-0.1, -0.05) is 25.0 Å². The lowest BCUT2D eigenvalue weighted by atomic mass is 9.95. The van der Waals surface area contributed by atoms with Crippen LogP contribution in [0.5, 0.6) is 5.75 Å². The molecule has 1 aromatic heterocycles. The average Bonchev–Trinajstić information content (AvgIpc) is 3.35. The summed E-state index contributed by atoms with van der Waals surface area (Å²) in [7, 11) is 1.50. The molecule has 0 bridgehead atoms. The number of carbonyl (C=O) groups is 2. The van der Waals surface area contributed by atoms with Crippen LogP contribution in [-0.4, -0.2) is 39.8 Å². The molecule has 2 heterocycles. The summed E-state index contributed by atoms with van der Waals surface area (Å²) in [6, 6.07) is 9.87. The van der Waals surface area contributed by atoms with E-state index in [0.29, 0.717) is 11.3 Å². The van der Waals surface area contributed by atoms with Crippen LogP contribution in [0.4, 0.5) is 0 Å². The number of aromatic nitrogens is 1. The summed E-state index contributed by atoms with van der Waals surface area (Å²) in [6.07, 6.45) is 7.06. The minimum atomic E-state index is -0.655. The van der Waals surface area contributed by atoms with Gasteiger partial charge in [0.25, 0.3) is 11.7 Å². The summed E-state index contributed by atoms with van der Waals surface area (Å²) in [5.41, 5.74) is 1.26. The molecule has 28 heavy (non-hydrogen) atoms. The lowest BCUT2D eigenvalue weighted by Gasteiger charge is -2.30. The van der Waals surface area contributed by atoms with Gasteiger partial charge in [0.05, 0.1) is 24.3 Å². The molecule has 2 aromatic rings.